The summed E-state index contributed by atoms with van der Waals surface area (Å²) in [5.41, 5.74) is -0.125. The van der Waals surface area contributed by atoms with Crippen molar-refractivity contribution in [1.82, 2.24) is 15.1 Å². The van der Waals surface area contributed by atoms with Crippen LogP contribution in [0.5, 0.6) is 0 Å². The first-order chi connectivity index (χ1) is 9.13. The van der Waals surface area contributed by atoms with E-state index in [-0.39, 0.29) is 17.7 Å². The second-order valence-electron chi connectivity index (χ2n) is 4.03. The number of hydrogen-bond donors (Lipinski definition) is 1. The lowest BCUT2D eigenvalue weighted by Gasteiger charge is -2.17. The van der Waals surface area contributed by atoms with E-state index in [2.05, 4.69) is 10.4 Å². The SMILES string of the molecule is CNC(Cn1ncccc1=O)c1cccc(F)c1F. The molecule has 6 heteroatoms. The van der Waals surface area contributed by atoms with E-state index in [4.69, 9.17) is 0 Å². The second-order valence-corrected chi connectivity index (χ2v) is 4.03. The molecule has 0 aliphatic rings. The fourth-order valence-electron chi connectivity index (χ4n) is 1.83. The van der Waals surface area contributed by atoms with Gasteiger partial charge in [-0.2, -0.15) is 5.10 Å². The largest absolute Gasteiger partial charge is 0.311 e. The van der Waals surface area contributed by atoms with Gasteiger partial charge in [-0.1, -0.05) is 12.1 Å². The molecule has 0 spiro atoms. The van der Waals surface area contributed by atoms with E-state index in [1.807, 2.05) is 0 Å². The number of hydrogen-bond acceptors (Lipinski definition) is 3. The Labute approximate surface area is 108 Å². The van der Waals surface area contributed by atoms with Gasteiger partial charge in [-0.05, 0) is 19.2 Å². The minimum absolute atomic E-state index is 0.122. The van der Waals surface area contributed by atoms with E-state index in [1.165, 1.54) is 35.1 Å². The van der Waals surface area contributed by atoms with Crippen molar-refractivity contribution < 1.29 is 8.78 Å². The number of benzene rings is 1. The number of rotatable bonds is 4. The summed E-state index contributed by atoms with van der Waals surface area (Å²) in [7, 11) is 1.61. The topological polar surface area (TPSA) is 46.9 Å². The van der Waals surface area contributed by atoms with Crippen molar-refractivity contribution in [3.05, 3.63) is 64.1 Å². The Morgan fingerprint density at radius 2 is 2.11 bits per heavy atom. The number of halogens is 2. The highest BCUT2D eigenvalue weighted by Gasteiger charge is 2.17. The Morgan fingerprint density at radius 1 is 1.32 bits per heavy atom. The van der Waals surface area contributed by atoms with Crippen molar-refractivity contribution in [3.63, 3.8) is 0 Å². The maximum Gasteiger partial charge on any atom is 0.266 e. The summed E-state index contributed by atoms with van der Waals surface area (Å²) >= 11 is 0. The molecule has 4 nitrogen and oxygen atoms in total. The van der Waals surface area contributed by atoms with Crippen molar-refractivity contribution in [3.8, 4) is 0 Å². The molecular formula is C13H13F2N3O. The second kappa shape index (κ2) is 5.71. The van der Waals surface area contributed by atoms with Crippen LogP contribution in [0.2, 0.25) is 0 Å². The van der Waals surface area contributed by atoms with Gasteiger partial charge in [-0.25, -0.2) is 13.5 Å². The molecule has 100 valence electrons. The Balaban J connectivity index is 2.33. The van der Waals surface area contributed by atoms with Gasteiger partial charge >= 0.3 is 0 Å². The zero-order valence-corrected chi connectivity index (χ0v) is 10.3. The van der Waals surface area contributed by atoms with E-state index in [0.717, 1.165) is 6.07 Å². The highest BCUT2D eigenvalue weighted by Crippen LogP contribution is 2.19. The van der Waals surface area contributed by atoms with Crippen LogP contribution >= 0.6 is 0 Å². The van der Waals surface area contributed by atoms with Gasteiger partial charge in [0, 0.05) is 17.8 Å². The Morgan fingerprint density at radius 3 is 2.79 bits per heavy atom. The van der Waals surface area contributed by atoms with Crippen LogP contribution in [0.15, 0.2) is 41.3 Å². The molecule has 1 unspecified atom stereocenters. The summed E-state index contributed by atoms with van der Waals surface area (Å²) in [5, 5.41) is 6.75. The molecule has 0 amide bonds. The van der Waals surface area contributed by atoms with Crippen LogP contribution in [-0.2, 0) is 6.54 Å². The monoisotopic (exact) mass is 265 g/mol. The summed E-state index contributed by atoms with van der Waals surface area (Å²) in [6.45, 7) is 0.122. The molecule has 2 aromatic rings. The van der Waals surface area contributed by atoms with E-state index in [1.54, 1.807) is 7.05 Å². The summed E-state index contributed by atoms with van der Waals surface area (Å²) in [4.78, 5) is 11.6. The van der Waals surface area contributed by atoms with Crippen LogP contribution in [-0.4, -0.2) is 16.8 Å². The summed E-state index contributed by atoms with van der Waals surface area (Å²) in [6.07, 6.45) is 1.47. The number of likely N-dealkylation sites (N-methyl/N-ethyl adjacent to an activating group) is 1. The normalized spacial score (nSPS) is 12.4. The number of nitrogens with one attached hydrogen (secondary N) is 1. The molecule has 0 saturated carbocycles. The Kier molecular flexibility index (Phi) is 4.01. The molecular weight excluding hydrogens is 252 g/mol. The van der Waals surface area contributed by atoms with Gasteiger partial charge in [-0.15, -0.1) is 0 Å². The summed E-state index contributed by atoms with van der Waals surface area (Å²) < 4.78 is 28.1. The smallest absolute Gasteiger partial charge is 0.266 e. The van der Waals surface area contributed by atoms with Gasteiger partial charge in [0.25, 0.3) is 5.56 Å². The van der Waals surface area contributed by atoms with Gasteiger partial charge in [0.2, 0.25) is 0 Å². The molecule has 0 fully saturated rings. The standard InChI is InChI=1S/C13H13F2N3O/c1-16-11(8-18-12(19)6-3-7-17-18)9-4-2-5-10(14)13(9)15/h2-7,11,16H,8H2,1H3. The van der Waals surface area contributed by atoms with E-state index >= 15 is 0 Å². The van der Waals surface area contributed by atoms with Gasteiger partial charge in [0.05, 0.1) is 12.6 Å². The fraction of sp³-hybridized carbons (Fsp3) is 0.231. The van der Waals surface area contributed by atoms with Crippen molar-refractivity contribution in [2.75, 3.05) is 7.05 Å². The zero-order chi connectivity index (χ0) is 13.8. The average Bonchev–Trinajstić information content (AvgIpc) is 2.41. The lowest BCUT2D eigenvalue weighted by atomic mass is 10.1. The van der Waals surface area contributed by atoms with Crippen molar-refractivity contribution in [1.29, 1.82) is 0 Å². The number of nitrogens with zero attached hydrogens (tertiary/aromatic N) is 2. The van der Waals surface area contributed by atoms with Gasteiger partial charge < -0.3 is 5.32 Å². The van der Waals surface area contributed by atoms with Crippen molar-refractivity contribution in [2.24, 2.45) is 0 Å². The highest BCUT2D eigenvalue weighted by molar-refractivity contribution is 5.22. The molecule has 0 saturated heterocycles. The molecule has 1 atom stereocenters. The molecule has 1 heterocycles. The average molecular weight is 265 g/mol. The third kappa shape index (κ3) is 2.85. The van der Waals surface area contributed by atoms with Gasteiger partial charge in [0.1, 0.15) is 0 Å². The lowest BCUT2D eigenvalue weighted by molar-refractivity contribution is 0.421. The Bertz CT molecular complexity index is 627. The van der Waals surface area contributed by atoms with Crippen molar-refractivity contribution >= 4 is 0 Å². The Hall–Kier alpha value is -2.08. The molecule has 1 aromatic carbocycles. The number of aromatic nitrogens is 2. The molecule has 0 aliphatic carbocycles. The quantitative estimate of drug-likeness (QED) is 0.911. The molecule has 1 N–H and O–H groups in total. The third-order valence-electron chi connectivity index (χ3n) is 2.85. The molecule has 0 bridgehead atoms. The van der Waals surface area contributed by atoms with Crippen LogP contribution < -0.4 is 10.9 Å². The first-order valence-electron chi connectivity index (χ1n) is 5.77. The molecule has 0 aliphatic heterocycles. The maximum atomic E-state index is 13.7. The van der Waals surface area contributed by atoms with Gasteiger partial charge in [-0.3, -0.25) is 4.79 Å². The third-order valence-corrected chi connectivity index (χ3v) is 2.85. The highest BCUT2D eigenvalue weighted by atomic mass is 19.2. The molecule has 19 heavy (non-hydrogen) atoms. The van der Waals surface area contributed by atoms with Crippen LogP contribution in [0.4, 0.5) is 8.78 Å². The first kappa shape index (κ1) is 13.4. The van der Waals surface area contributed by atoms with E-state index in [0.29, 0.717) is 0 Å². The maximum absolute atomic E-state index is 13.7. The lowest BCUT2D eigenvalue weighted by Crippen LogP contribution is -2.30. The summed E-state index contributed by atoms with van der Waals surface area (Å²) in [6, 6.07) is 6.31. The summed E-state index contributed by atoms with van der Waals surface area (Å²) in [5.74, 6) is -1.82. The minimum Gasteiger partial charge on any atom is -0.311 e. The molecule has 0 radical (unpaired) electrons. The van der Waals surface area contributed by atoms with E-state index in [9.17, 15) is 13.6 Å². The zero-order valence-electron chi connectivity index (χ0n) is 10.3. The molecule has 1 aromatic heterocycles. The predicted octanol–water partition coefficient (Wildman–Crippen LogP) is 1.48. The first-order valence-corrected chi connectivity index (χ1v) is 5.77. The minimum atomic E-state index is -0.911. The fourth-order valence-corrected chi connectivity index (χ4v) is 1.83. The van der Waals surface area contributed by atoms with E-state index < -0.39 is 17.7 Å². The van der Waals surface area contributed by atoms with Gasteiger partial charge in [0.15, 0.2) is 11.6 Å². The van der Waals surface area contributed by atoms with Crippen molar-refractivity contribution in [2.45, 2.75) is 12.6 Å². The van der Waals surface area contributed by atoms with Crippen LogP contribution in [0.25, 0.3) is 0 Å². The van der Waals surface area contributed by atoms with Crippen LogP contribution in [0.1, 0.15) is 11.6 Å². The van der Waals surface area contributed by atoms with Crippen LogP contribution in [0, 0.1) is 11.6 Å². The molecule has 2 rings (SSSR count). The van der Waals surface area contributed by atoms with Crippen LogP contribution in [0.3, 0.4) is 0 Å². The predicted molar refractivity (Wildman–Crippen MR) is 66.7 cm³/mol.